The Labute approximate surface area is 201 Å². The molecule has 186 valence electrons. The number of benzene rings is 2. The summed E-state index contributed by atoms with van der Waals surface area (Å²) in [5.41, 5.74) is -1.52. The van der Waals surface area contributed by atoms with E-state index in [-0.39, 0.29) is 45.9 Å². The molecule has 0 spiro atoms. The molecular formula is C23H16F3N3O6S. The number of pyridine rings is 1. The molecule has 5 rings (SSSR count). The Balaban J connectivity index is 1.93. The fraction of sp³-hybridized carbons (Fsp3) is 0.130. The molecule has 4 aromatic rings. The van der Waals surface area contributed by atoms with Crippen molar-refractivity contribution in [3.05, 3.63) is 81.7 Å². The standard InChI is InChI=1S/C23H16F3N3O6S/c1-36(32,33)28-23(31)19-17(13-3-2-6-27-22(13)30)18-16(8-15(26)20-21(18)35-10-34-20)29(19)9-11-7-12(24)4-5-14(11)25/h2-8H,9-10H2,1H3,(H,27,30)(H,28,31). The molecule has 3 heterocycles. The zero-order valence-electron chi connectivity index (χ0n) is 18.4. The molecule has 2 aromatic carbocycles. The van der Waals surface area contributed by atoms with E-state index in [2.05, 4.69) is 4.98 Å². The molecule has 0 bridgehead atoms. The number of nitrogens with one attached hydrogen (secondary N) is 2. The molecule has 0 radical (unpaired) electrons. The second-order valence-corrected chi connectivity index (χ2v) is 9.73. The Morgan fingerprint density at radius 1 is 1.11 bits per heavy atom. The van der Waals surface area contributed by atoms with Gasteiger partial charge in [0, 0.05) is 23.4 Å². The van der Waals surface area contributed by atoms with Crippen LogP contribution < -0.4 is 19.8 Å². The molecule has 1 amide bonds. The highest BCUT2D eigenvalue weighted by atomic mass is 32.2. The summed E-state index contributed by atoms with van der Waals surface area (Å²) in [6.07, 6.45) is 2.08. The number of fused-ring (bicyclic) bond motifs is 3. The summed E-state index contributed by atoms with van der Waals surface area (Å²) >= 11 is 0. The maximum absolute atomic E-state index is 15.0. The van der Waals surface area contributed by atoms with E-state index in [1.807, 2.05) is 4.72 Å². The van der Waals surface area contributed by atoms with E-state index in [0.717, 1.165) is 35.1 Å². The van der Waals surface area contributed by atoms with E-state index in [1.54, 1.807) is 0 Å². The second-order valence-electron chi connectivity index (χ2n) is 7.98. The van der Waals surface area contributed by atoms with Crippen molar-refractivity contribution < 1.29 is 35.9 Å². The van der Waals surface area contributed by atoms with Gasteiger partial charge in [0.2, 0.25) is 22.6 Å². The van der Waals surface area contributed by atoms with E-state index < -0.39 is 51.2 Å². The molecule has 0 saturated carbocycles. The average Bonchev–Trinajstić information content (AvgIpc) is 3.39. The van der Waals surface area contributed by atoms with E-state index >= 15 is 0 Å². The molecule has 1 aliphatic heterocycles. The summed E-state index contributed by atoms with van der Waals surface area (Å²) in [5.74, 6) is -4.06. The highest BCUT2D eigenvalue weighted by Crippen LogP contribution is 2.47. The lowest BCUT2D eigenvalue weighted by molar-refractivity contribution is 0.0974. The highest BCUT2D eigenvalue weighted by molar-refractivity contribution is 7.89. The van der Waals surface area contributed by atoms with Gasteiger partial charge in [-0.3, -0.25) is 9.59 Å². The Kier molecular flexibility index (Phi) is 5.51. The minimum Gasteiger partial charge on any atom is -0.453 e. The molecule has 0 atom stereocenters. The monoisotopic (exact) mass is 519 g/mol. The van der Waals surface area contributed by atoms with Crippen molar-refractivity contribution in [2.75, 3.05) is 13.0 Å². The van der Waals surface area contributed by atoms with Crippen molar-refractivity contribution in [3.63, 3.8) is 0 Å². The van der Waals surface area contributed by atoms with Gasteiger partial charge in [-0.2, -0.15) is 0 Å². The van der Waals surface area contributed by atoms with Crippen LogP contribution in [0.2, 0.25) is 0 Å². The van der Waals surface area contributed by atoms with E-state index in [1.165, 1.54) is 18.3 Å². The maximum atomic E-state index is 15.0. The zero-order chi connectivity index (χ0) is 25.8. The number of rotatable bonds is 5. The summed E-state index contributed by atoms with van der Waals surface area (Å²) in [4.78, 5) is 28.6. The minimum absolute atomic E-state index is 0.0442. The van der Waals surface area contributed by atoms with Crippen LogP contribution in [0, 0.1) is 17.5 Å². The van der Waals surface area contributed by atoms with Gasteiger partial charge in [0.1, 0.15) is 17.3 Å². The van der Waals surface area contributed by atoms with Gasteiger partial charge in [-0.15, -0.1) is 0 Å². The first-order valence-corrected chi connectivity index (χ1v) is 12.2. The summed E-state index contributed by atoms with van der Waals surface area (Å²) in [6.45, 7) is -0.874. The molecule has 0 unspecified atom stereocenters. The maximum Gasteiger partial charge on any atom is 0.282 e. The van der Waals surface area contributed by atoms with Crippen LogP contribution in [0.1, 0.15) is 16.1 Å². The van der Waals surface area contributed by atoms with Gasteiger partial charge in [0.05, 0.1) is 29.3 Å². The van der Waals surface area contributed by atoms with E-state index in [4.69, 9.17) is 9.47 Å². The van der Waals surface area contributed by atoms with Gasteiger partial charge in [-0.05, 0) is 30.3 Å². The predicted molar refractivity (Wildman–Crippen MR) is 122 cm³/mol. The number of aromatic nitrogens is 2. The Morgan fingerprint density at radius 3 is 2.58 bits per heavy atom. The quantitative estimate of drug-likeness (QED) is 0.419. The zero-order valence-corrected chi connectivity index (χ0v) is 19.2. The molecule has 0 saturated heterocycles. The number of carbonyl (C=O) groups excluding carboxylic acids is 1. The third-order valence-corrected chi connectivity index (χ3v) is 6.10. The average molecular weight is 519 g/mol. The number of aromatic amines is 1. The van der Waals surface area contributed by atoms with Gasteiger partial charge in [0.15, 0.2) is 11.6 Å². The molecule has 2 N–H and O–H groups in total. The molecule has 2 aromatic heterocycles. The number of carbonyl (C=O) groups is 1. The summed E-state index contributed by atoms with van der Waals surface area (Å²) < 4.78 is 81.0. The van der Waals surface area contributed by atoms with Crippen molar-refractivity contribution in [1.82, 2.24) is 14.3 Å². The Morgan fingerprint density at radius 2 is 1.86 bits per heavy atom. The van der Waals surface area contributed by atoms with Crippen LogP contribution in [0.4, 0.5) is 13.2 Å². The summed E-state index contributed by atoms with van der Waals surface area (Å²) in [5, 5.41) is 0.0519. The lowest BCUT2D eigenvalue weighted by Gasteiger charge is -2.13. The summed E-state index contributed by atoms with van der Waals surface area (Å²) in [7, 11) is -4.11. The van der Waals surface area contributed by atoms with Crippen LogP contribution in [0.3, 0.4) is 0 Å². The topological polar surface area (TPSA) is 119 Å². The van der Waals surface area contributed by atoms with Gasteiger partial charge < -0.3 is 19.0 Å². The molecule has 9 nitrogen and oxygen atoms in total. The summed E-state index contributed by atoms with van der Waals surface area (Å²) in [6, 6.07) is 6.48. The van der Waals surface area contributed by atoms with Gasteiger partial charge in [-0.1, -0.05) is 0 Å². The molecular weight excluding hydrogens is 503 g/mol. The first-order valence-electron chi connectivity index (χ1n) is 10.3. The van der Waals surface area contributed by atoms with Crippen LogP contribution in [0.25, 0.3) is 22.0 Å². The molecule has 13 heteroatoms. The first kappa shape index (κ1) is 23.5. The van der Waals surface area contributed by atoms with Gasteiger partial charge in [-0.25, -0.2) is 26.3 Å². The third kappa shape index (κ3) is 3.96. The van der Waals surface area contributed by atoms with Crippen molar-refractivity contribution in [1.29, 1.82) is 0 Å². The van der Waals surface area contributed by atoms with Crippen LogP contribution in [-0.4, -0.2) is 36.9 Å². The fourth-order valence-electron chi connectivity index (χ4n) is 4.18. The molecule has 36 heavy (non-hydrogen) atoms. The molecule has 1 aliphatic rings. The number of halogens is 3. The number of amides is 1. The number of hydrogen-bond acceptors (Lipinski definition) is 6. The lowest BCUT2D eigenvalue weighted by atomic mass is 10.0. The van der Waals surface area contributed by atoms with Crippen LogP contribution in [0.5, 0.6) is 11.5 Å². The van der Waals surface area contributed by atoms with Crippen LogP contribution in [0.15, 0.2) is 47.4 Å². The van der Waals surface area contributed by atoms with Gasteiger partial charge in [0.25, 0.3) is 11.5 Å². The normalized spacial score (nSPS) is 12.8. The number of H-pyrrole nitrogens is 1. The van der Waals surface area contributed by atoms with Crippen molar-refractivity contribution in [3.8, 4) is 22.6 Å². The highest BCUT2D eigenvalue weighted by Gasteiger charge is 2.33. The number of nitrogens with zero attached hydrogens (tertiary/aromatic N) is 1. The lowest BCUT2D eigenvalue weighted by Crippen LogP contribution is -2.32. The molecule has 0 aliphatic carbocycles. The van der Waals surface area contributed by atoms with Crippen molar-refractivity contribution in [2.24, 2.45) is 0 Å². The van der Waals surface area contributed by atoms with Crippen LogP contribution >= 0.6 is 0 Å². The van der Waals surface area contributed by atoms with Gasteiger partial charge >= 0.3 is 0 Å². The third-order valence-electron chi connectivity index (χ3n) is 5.54. The first-order chi connectivity index (χ1) is 17.0. The molecule has 0 fully saturated rings. The largest absolute Gasteiger partial charge is 0.453 e. The SMILES string of the molecule is CS(=O)(=O)NC(=O)c1c(-c2ccc[nH]c2=O)c2c3c(c(F)cc2n1Cc1cc(F)ccc1F)OCO3. The van der Waals surface area contributed by atoms with Crippen molar-refractivity contribution in [2.45, 2.75) is 6.54 Å². The van der Waals surface area contributed by atoms with E-state index in [0.29, 0.717) is 0 Å². The fourth-order valence-corrected chi connectivity index (χ4v) is 4.61. The minimum atomic E-state index is -4.11. The Hall–Kier alpha value is -4.26. The van der Waals surface area contributed by atoms with Crippen molar-refractivity contribution >= 4 is 26.8 Å². The van der Waals surface area contributed by atoms with Crippen LogP contribution in [-0.2, 0) is 16.6 Å². The second kappa shape index (κ2) is 8.45. The number of hydrogen-bond donors (Lipinski definition) is 2. The van der Waals surface area contributed by atoms with E-state index in [9.17, 15) is 31.2 Å². The Bertz CT molecular complexity index is 1730. The smallest absolute Gasteiger partial charge is 0.282 e. The predicted octanol–water partition coefficient (Wildman–Crippen LogP) is 2.88. The number of ether oxygens (including phenoxy) is 2. The number of sulfonamides is 1.